The van der Waals surface area contributed by atoms with E-state index in [2.05, 4.69) is 24.3 Å². The van der Waals surface area contributed by atoms with Crippen LogP contribution in [-0.2, 0) is 10.6 Å². The number of aryl methyl sites for hydroxylation is 1. The van der Waals surface area contributed by atoms with Crippen molar-refractivity contribution in [3.8, 4) is 0 Å². The third kappa shape index (κ3) is 1.89. The molecule has 0 N–H and O–H groups in total. The Morgan fingerprint density at radius 3 is 3.08 bits per heavy atom. The second-order valence-corrected chi connectivity index (χ2v) is 3.87. The van der Waals surface area contributed by atoms with Gasteiger partial charge in [-0.05, 0) is 42.4 Å². The summed E-state index contributed by atoms with van der Waals surface area (Å²) in [5, 5.41) is 0. The lowest BCUT2D eigenvalue weighted by Crippen LogP contribution is -2.09. The maximum Gasteiger partial charge on any atom is 0.0974 e. The molecule has 0 aliphatic heterocycles. The minimum atomic E-state index is 0.319. The molecule has 0 bridgehead atoms. The number of rotatable bonds is 2. The Hall–Kier alpha value is -0.470. The van der Waals surface area contributed by atoms with E-state index in [1.54, 1.807) is 0 Å². The largest absolute Gasteiger partial charge is 0.308 e. The lowest BCUT2D eigenvalue weighted by Gasteiger charge is -2.24. The van der Waals surface area contributed by atoms with E-state index in [9.17, 15) is 0 Å². The van der Waals surface area contributed by atoms with Crippen LogP contribution in [0.25, 0.3) is 0 Å². The van der Waals surface area contributed by atoms with Crippen molar-refractivity contribution in [3.05, 3.63) is 35.4 Å². The molecule has 0 saturated heterocycles. The Balaban J connectivity index is 2.26. The quantitative estimate of drug-likeness (QED) is 0.668. The molecule has 1 atom stereocenters. The van der Waals surface area contributed by atoms with Crippen LogP contribution in [0.3, 0.4) is 0 Å². The van der Waals surface area contributed by atoms with Crippen LogP contribution >= 0.6 is 12.0 Å². The highest BCUT2D eigenvalue weighted by Gasteiger charge is 2.19. The third-order valence-corrected chi connectivity index (χ3v) is 2.95. The standard InChI is InChI=1S/C11H14OS/c1-13-12-11-8-4-6-9-5-2-3-7-10(9)11/h2-3,5,7,11H,4,6,8H2,1H3. The average molecular weight is 194 g/mol. The van der Waals surface area contributed by atoms with Crippen LogP contribution in [0.15, 0.2) is 24.3 Å². The fourth-order valence-corrected chi connectivity index (χ4v) is 2.36. The number of hydrogen-bond acceptors (Lipinski definition) is 2. The first-order valence-corrected chi connectivity index (χ1v) is 5.84. The molecule has 2 heteroatoms. The van der Waals surface area contributed by atoms with E-state index in [1.165, 1.54) is 36.0 Å². The summed E-state index contributed by atoms with van der Waals surface area (Å²) in [6.45, 7) is 0. The van der Waals surface area contributed by atoms with Gasteiger partial charge in [-0.15, -0.1) is 0 Å². The molecular weight excluding hydrogens is 180 g/mol. The van der Waals surface area contributed by atoms with Crippen LogP contribution in [0.1, 0.15) is 30.1 Å². The van der Waals surface area contributed by atoms with Crippen molar-refractivity contribution in [1.29, 1.82) is 0 Å². The first-order valence-electron chi connectivity index (χ1n) is 4.69. The number of fused-ring (bicyclic) bond motifs is 1. The van der Waals surface area contributed by atoms with Gasteiger partial charge < -0.3 is 4.18 Å². The van der Waals surface area contributed by atoms with E-state index in [0.29, 0.717) is 6.10 Å². The van der Waals surface area contributed by atoms with Crippen molar-refractivity contribution in [1.82, 2.24) is 0 Å². The van der Waals surface area contributed by atoms with Gasteiger partial charge >= 0.3 is 0 Å². The molecule has 70 valence electrons. The summed E-state index contributed by atoms with van der Waals surface area (Å²) in [4.78, 5) is 0. The normalized spacial score (nSPS) is 21.2. The SMILES string of the molecule is CSOC1CCCc2ccccc21. The van der Waals surface area contributed by atoms with Crippen LogP contribution in [0.2, 0.25) is 0 Å². The van der Waals surface area contributed by atoms with Crippen LogP contribution in [0.4, 0.5) is 0 Å². The maximum atomic E-state index is 5.63. The molecule has 13 heavy (non-hydrogen) atoms. The van der Waals surface area contributed by atoms with Crippen LogP contribution in [0, 0.1) is 0 Å². The average Bonchev–Trinajstić information content (AvgIpc) is 2.19. The second-order valence-electron chi connectivity index (χ2n) is 3.34. The zero-order valence-electron chi connectivity index (χ0n) is 7.82. The lowest BCUT2D eigenvalue weighted by atomic mass is 9.90. The zero-order valence-corrected chi connectivity index (χ0v) is 8.64. The van der Waals surface area contributed by atoms with E-state index in [1.807, 2.05) is 6.26 Å². The molecule has 0 aromatic heterocycles. The highest BCUT2D eigenvalue weighted by atomic mass is 32.2. The monoisotopic (exact) mass is 194 g/mol. The lowest BCUT2D eigenvalue weighted by molar-refractivity contribution is 0.221. The topological polar surface area (TPSA) is 9.23 Å². The van der Waals surface area contributed by atoms with Gasteiger partial charge in [0, 0.05) is 6.26 Å². The predicted molar refractivity (Wildman–Crippen MR) is 56.7 cm³/mol. The molecule has 2 rings (SSSR count). The van der Waals surface area contributed by atoms with Crippen LogP contribution in [0.5, 0.6) is 0 Å². The van der Waals surface area contributed by atoms with Gasteiger partial charge in [-0.1, -0.05) is 24.3 Å². The van der Waals surface area contributed by atoms with Crippen molar-refractivity contribution in [2.24, 2.45) is 0 Å². The Labute approximate surface area is 83.7 Å². The van der Waals surface area contributed by atoms with E-state index in [-0.39, 0.29) is 0 Å². The van der Waals surface area contributed by atoms with Crippen molar-refractivity contribution in [3.63, 3.8) is 0 Å². The highest BCUT2D eigenvalue weighted by Crippen LogP contribution is 2.34. The Bertz CT molecular complexity index is 285. The molecule has 1 aromatic rings. The van der Waals surface area contributed by atoms with Gasteiger partial charge in [-0.3, -0.25) is 0 Å². The highest BCUT2D eigenvalue weighted by molar-refractivity contribution is 7.93. The van der Waals surface area contributed by atoms with E-state index in [0.717, 1.165) is 6.42 Å². The maximum absolute atomic E-state index is 5.63. The molecule has 1 aromatic carbocycles. The molecular formula is C11H14OS. The first kappa shape index (κ1) is 9.10. The van der Waals surface area contributed by atoms with Crippen molar-refractivity contribution >= 4 is 12.0 Å². The van der Waals surface area contributed by atoms with Crippen LogP contribution in [-0.4, -0.2) is 6.26 Å². The van der Waals surface area contributed by atoms with E-state index in [4.69, 9.17) is 4.18 Å². The number of hydrogen-bond donors (Lipinski definition) is 0. The third-order valence-electron chi connectivity index (χ3n) is 2.53. The fourth-order valence-electron chi connectivity index (χ4n) is 1.93. The van der Waals surface area contributed by atoms with E-state index >= 15 is 0 Å². The summed E-state index contributed by atoms with van der Waals surface area (Å²) in [6.07, 6.45) is 5.93. The number of benzene rings is 1. The molecule has 1 unspecified atom stereocenters. The van der Waals surface area contributed by atoms with Gasteiger partial charge in [-0.2, -0.15) is 0 Å². The van der Waals surface area contributed by atoms with Gasteiger partial charge in [0.05, 0.1) is 6.10 Å². The molecule has 0 spiro atoms. The summed E-state index contributed by atoms with van der Waals surface area (Å²) in [6, 6.07) is 8.61. The van der Waals surface area contributed by atoms with Gasteiger partial charge in [0.15, 0.2) is 0 Å². The van der Waals surface area contributed by atoms with Crippen molar-refractivity contribution < 1.29 is 4.18 Å². The molecule has 1 aliphatic rings. The first-order chi connectivity index (χ1) is 6.42. The predicted octanol–water partition coefficient (Wildman–Crippen LogP) is 3.36. The molecule has 0 amide bonds. The summed E-state index contributed by atoms with van der Waals surface area (Å²) < 4.78 is 5.63. The van der Waals surface area contributed by atoms with Gasteiger partial charge in [-0.25, -0.2) is 0 Å². The van der Waals surface area contributed by atoms with Crippen molar-refractivity contribution in [2.45, 2.75) is 25.4 Å². The molecule has 0 heterocycles. The van der Waals surface area contributed by atoms with Crippen LogP contribution < -0.4 is 0 Å². The smallest absolute Gasteiger partial charge is 0.0974 e. The van der Waals surface area contributed by atoms with Crippen molar-refractivity contribution in [2.75, 3.05) is 6.26 Å². The molecule has 1 nitrogen and oxygen atoms in total. The fraction of sp³-hybridized carbons (Fsp3) is 0.455. The minimum Gasteiger partial charge on any atom is -0.308 e. The summed E-state index contributed by atoms with van der Waals surface area (Å²) in [7, 11) is 0. The summed E-state index contributed by atoms with van der Waals surface area (Å²) >= 11 is 1.47. The second kappa shape index (κ2) is 4.16. The van der Waals surface area contributed by atoms with Gasteiger partial charge in [0.2, 0.25) is 0 Å². The minimum absolute atomic E-state index is 0.319. The molecule has 0 radical (unpaired) electrons. The van der Waals surface area contributed by atoms with E-state index < -0.39 is 0 Å². The van der Waals surface area contributed by atoms with Gasteiger partial charge in [0.1, 0.15) is 0 Å². The van der Waals surface area contributed by atoms with Gasteiger partial charge in [0.25, 0.3) is 0 Å². The Morgan fingerprint density at radius 2 is 2.23 bits per heavy atom. The summed E-state index contributed by atoms with van der Waals surface area (Å²) in [5.41, 5.74) is 2.86. The summed E-state index contributed by atoms with van der Waals surface area (Å²) in [5.74, 6) is 0. The molecule has 0 saturated carbocycles. The Morgan fingerprint density at radius 1 is 1.38 bits per heavy atom. The molecule has 0 fully saturated rings. The zero-order chi connectivity index (χ0) is 9.10. The molecule has 1 aliphatic carbocycles. The Kier molecular flexibility index (Phi) is 2.91.